The van der Waals surface area contributed by atoms with E-state index in [1.54, 1.807) is 11.0 Å². The van der Waals surface area contributed by atoms with Gasteiger partial charge in [0.1, 0.15) is 5.60 Å². The number of hydrogen-bond acceptors (Lipinski definition) is 3. The summed E-state index contributed by atoms with van der Waals surface area (Å²) in [5, 5.41) is 0. The zero-order valence-electron chi connectivity index (χ0n) is 15.8. The van der Waals surface area contributed by atoms with Gasteiger partial charge in [-0.15, -0.1) is 0 Å². The molecular weight excluding hydrogens is 316 g/mol. The molecule has 1 saturated heterocycles. The molecule has 1 atom stereocenters. The molecule has 0 spiro atoms. The van der Waals surface area contributed by atoms with E-state index in [1.807, 2.05) is 57.7 Å². The number of carbonyl (C=O) groups excluding carboxylic acids is 2. The summed E-state index contributed by atoms with van der Waals surface area (Å²) in [6.07, 6.45) is 1.40. The molecule has 0 aromatic heterocycles. The molecule has 0 saturated carbocycles. The Balaban J connectivity index is 2.11. The molecule has 1 heterocycles. The van der Waals surface area contributed by atoms with Gasteiger partial charge < -0.3 is 14.5 Å². The van der Waals surface area contributed by atoms with E-state index >= 15 is 0 Å². The first-order valence-electron chi connectivity index (χ1n) is 8.65. The van der Waals surface area contributed by atoms with Crippen molar-refractivity contribution in [2.24, 2.45) is 0 Å². The molecule has 136 valence electrons. The van der Waals surface area contributed by atoms with Crippen molar-refractivity contribution >= 4 is 18.1 Å². The Labute approximate surface area is 150 Å². The molecule has 5 nitrogen and oxygen atoms in total. The topological polar surface area (TPSA) is 49.9 Å². The summed E-state index contributed by atoms with van der Waals surface area (Å²) in [7, 11) is 0. The average molecular weight is 344 g/mol. The van der Waals surface area contributed by atoms with Crippen molar-refractivity contribution in [2.45, 2.75) is 46.3 Å². The summed E-state index contributed by atoms with van der Waals surface area (Å²) >= 11 is 0. The fraction of sp³-hybridized carbons (Fsp3) is 0.500. The zero-order valence-corrected chi connectivity index (χ0v) is 15.8. The molecule has 5 heteroatoms. The number of nitrogens with zero attached hydrogens (tertiary/aromatic N) is 2. The Morgan fingerprint density at radius 1 is 1.28 bits per heavy atom. The minimum Gasteiger partial charge on any atom is -0.444 e. The van der Waals surface area contributed by atoms with Crippen LogP contribution in [0.3, 0.4) is 0 Å². The Morgan fingerprint density at radius 3 is 2.52 bits per heavy atom. The van der Waals surface area contributed by atoms with Crippen LogP contribution in [0.25, 0.3) is 6.08 Å². The number of benzene rings is 1. The van der Waals surface area contributed by atoms with Gasteiger partial charge in [0.2, 0.25) is 0 Å². The predicted molar refractivity (Wildman–Crippen MR) is 99.6 cm³/mol. The van der Waals surface area contributed by atoms with Crippen LogP contribution in [0.2, 0.25) is 0 Å². The minimum atomic E-state index is -0.520. The van der Waals surface area contributed by atoms with Crippen LogP contribution < -0.4 is 0 Å². The van der Waals surface area contributed by atoms with Crippen molar-refractivity contribution in [3.63, 3.8) is 0 Å². The fourth-order valence-electron chi connectivity index (χ4n) is 3.04. The molecule has 1 aromatic rings. The summed E-state index contributed by atoms with van der Waals surface area (Å²) < 4.78 is 5.43. The van der Waals surface area contributed by atoms with Crippen LogP contribution in [0.5, 0.6) is 0 Å². The number of piperazine rings is 1. The zero-order chi connectivity index (χ0) is 18.8. The SMILES string of the molecule is C=Cc1c(C)cccc1C(=O)N1CCN(C(=O)OC(C)(C)C)C[C@H]1C. The molecule has 0 unspecified atom stereocenters. The molecule has 1 aliphatic heterocycles. The van der Waals surface area contributed by atoms with Crippen molar-refractivity contribution in [1.29, 1.82) is 0 Å². The summed E-state index contributed by atoms with van der Waals surface area (Å²) in [5.41, 5.74) is 2.04. The van der Waals surface area contributed by atoms with Crippen molar-refractivity contribution < 1.29 is 14.3 Å². The number of carbonyl (C=O) groups is 2. The van der Waals surface area contributed by atoms with Crippen molar-refractivity contribution in [3.05, 3.63) is 41.5 Å². The predicted octanol–water partition coefficient (Wildman–Crippen LogP) is 3.72. The highest BCUT2D eigenvalue weighted by Crippen LogP contribution is 2.21. The molecule has 2 amide bonds. The first kappa shape index (κ1) is 19.0. The van der Waals surface area contributed by atoms with Gasteiger partial charge in [0, 0.05) is 31.2 Å². The lowest BCUT2D eigenvalue weighted by molar-refractivity contribution is 0.00616. The molecule has 0 aliphatic carbocycles. The van der Waals surface area contributed by atoms with Gasteiger partial charge in [-0.25, -0.2) is 4.79 Å². The normalized spacial score (nSPS) is 18.0. The number of rotatable bonds is 2. The molecule has 1 aliphatic rings. The maximum absolute atomic E-state index is 13.0. The number of ether oxygens (including phenoxy) is 1. The van der Waals surface area contributed by atoms with E-state index in [0.717, 1.165) is 11.1 Å². The van der Waals surface area contributed by atoms with Gasteiger partial charge in [-0.05, 0) is 51.8 Å². The van der Waals surface area contributed by atoms with Crippen LogP contribution in [0.1, 0.15) is 49.2 Å². The lowest BCUT2D eigenvalue weighted by Gasteiger charge is -2.40. The van der Waals surface area contributed by atoms with Gasteiger partial charge in [0.15, 0.2) is 0 Å². The monoisotopic (exact) mass is 344 g/mol. The lowest BCUT2D eigenvalue weighted by atomic mass is 10.00. The van der Waals surface area contributed by atoms with Gasteiger partial charge >= 0.3 is 6.09 Å². The molecule has 1 aromatic carbocycles. The van der Waals surface area contributed by atoms with E-state index in [2.05, 4.69) is 6.58 Å². The summed E-state index contributed by atoms with van der Waals surface area (Å²) in [5.74, 6) is -0.0186. The number of amides is 2. The van der Waals surface area contributed by atoms with Gasteiger partial charge in [0.25, 0.3) is 5.91 Å². The minimum absolute atomic E-state index is 0.0186. The Morgan fingerprint density at radius 2 is 1.96 bits per heavy atom. The highest BCUT2D eigenvalue weighted by atomic mass is 16.6. The second kappa shape index (κ2) is 7.30. The Hall–Kier alpha value is -2.30. The molecule has 25 heavy (non-hydrogen) atoms. The quantitative estimate of drug-likeness (QED) is 0.821. The maximum atomic E-state index is 13.0. The highest BCUT2D eigenvalue weighted by molar-refractivity contribution is 5.98. The van der Waals surface area contributed by atoms with E-state index < -0.39 is 5.60 Å². The van der Waals surface area contributed by atoms with Crippen molar-refractivity contribution in [2.75, 3.05) is 19.6 Å². The second-order valence-electron chi connectivity index (χ2n) is 7.51. The largest absolute Gasteiger partial charge is 0.444 e. The average Bonchev–Trinajstić information content (AvgIpc) is 2.52. The van der Waals surface area contributed by atoms with E-state index in [4.69, 9.17) is 4.74 Å². The third kappa shape index (κ3) is 4.41. The van der Waals surface area contributed by atoms with E-state index in [9.17, 15) is 9.59 Å². The molecule has 2 rings (SSSR count). The first-order chi connectivity index (χ1) is 11.6. The van der Waals surface area contributed by atoms with Crippen LogP contribution >= 0.6 is 0 Å². The molecule has 0 N–H and O–H groups in total. The summed E-state index contributed by atoms with van der Waals surface area (Å²) in [6, 6.07) is 5.61. The van der Waals surface area contributed by atoms with E-state index in [-0.39, 0.29) is 18.0 Å². The van der Waals surface area contributed by atoms with Crippen LogP contribution in [-0.4, -0.2) is 53.1 Å². The van der Waals surface area contributed by atoms with Gasteiger partial charge in [-0.2, -0.15) is 0 Å². The fourth-order valence-corrected chi connectivity index (χ4v) is 3.04. The van der Waals surface area contributed by atoms with Crippen LogP contribution in [0, 0.1) is 6.92 Å². The maximum Gasteiger partial charge on any atom is 0.410 e. The Kier molecular flexibility index (Phi) is 5.55. The first-order valence-corrected chi connectivity index (χ1v) is 8.65. The molecule has 0 radical (unpaired) electrons. The van der Waals surface area contributed by atoms with Crippen LogP contribution in [-0.2, 0) is 4.74 Å². The third-order valence-electron chi connectivity index (χ3n) is 4.30. The summed E-state index contributed by atoms with van der Waals surface area (Å²) in [6.45, 7) is 14.7. The summed E-state index contributed by atoms with van der Waals surface area (Å²) in [4.78, 5) is 28.7. The third-order valence-corrected chi connectivity index (χ3v) is 4.30. The molecule has 1 fully saturated rings. The standard InChI is InChI=1S/C20H28N2O3/c1-7-16-14(2)9-8-10-17(16)18(23)22-12-11-21(13-15(22)3)19(24)25-20(4,5)6/h7-10,15H,1,11-13H2,2-6H3/t15-/m1/s1. The van der Waals surface area contributed by atoms with Crippen LogP contribution in [0.4, 0.5) is 4.79 Å². The van der Waals surface area contributed by atoms with Crippen molar-refractivity contribution in [1.82, 2.24) is 9.80 Å². The number of hydrogen-bond donors (Lipinski definition) is 0. The molecule has 0 bridgehead atoms. The Bertz CT molecular complexity index is 676. The second-order valence-corrected chi connectivity index (χ2v) is 7.51. The number of aryl methyl sites for hydroxylation is 1. The van der Waals surface area contributed by atoms with E-state index in [0.29, 0.717) is 25.2 Å². The highest BCUT2D eigenvalue weighted by Gasteiger charge is 2.32. The lowest BCUT2D eigenvalue weighted by Crippen LogP contribution is -2.56. The van der Waals surface area contributed by atoms with Gasteiger partial charge in [-0.3, -0.25) is 4.79 Å². The smallest absolute Gasteiger partial charge is 0.410 e. The molecular formula is C20H28N2O3. The van der Waals surface area contributed by atoms with Crippen LogP contribution in [0.15, 0.2) is 24.8 Å². The van der Waals surface area contributed by atoms with Gasteiger partial charge in [0.05, 0.1) is 0 Å². The van der Waals surface area contributed by atoms with Gasteiger partial charge in [-0.1, -0.05) is 24.8 Å². The van der Waals surface area contributed by atoms with Crippen molar-refractivity contribution in [3.8, 4) is 0 Å². The van der Waals surface area contributed by atoms with E-state index in [1.165, 1.54) is 0 Å².